The van der Waals surface area contributed by atoms with Crippen LogP contribution < -0.4 is 10.2 Å². The van der Waals surface area contributed by atoms with Crippen molar-refractivity contribution < 1.29 is 4.74 Å². The number of nitrogens with zero attached hydrogens (tertiary/aromatic N) is 2. The van der Waals surface area contributed by atoms with Crippen molar-refractivity contribution in [3.63, 3.8) is 0 Å². The van der Waals surface area contributed by atoms with Gasteiger partial charge in [-0.2, -0.15) is 0 Å². The second-order valence-corrected chi connectivity index (χ2v) is 6.75. The minimum Gasteiger partial charge on any atom is -0.375 e. The SMILES string of the molecule is C[C@H](NCc1ccc(N2CCO[C@@H](C)C2)nc1)c1cccc(Cl)c1. The first-order valence-corrected chi connectivity index (χ1v) is 8.80. The third-order valence-electron chi connectivity index (χ3n) is 4.34. The number of aromatic nitrogens is 1. The van der Waals surface area contributed by atoms with Crippen LogP contribution in [0.1, 0.15) is 31.0 Å². The van der Waals surface area contributed by atoms with Crippen molar-refractivity contribution in [1.29, 1.82) is 0 Å². The van der Waals surface area contributed by atoms with Gasteiger partial charge < -0.3 is 15.0 Å². The molecule has 5 heteroatoms. The lowest BCUT2D eigenvalue weighted by atomic mass is 10.1. The van der Waals surface area contributed by atoms with Crippen LogP contribution in [0.4, 0.5) is 5.82 Å². The van der Waals surface area contributed by atoms with E-state index in [1.807, 2.05) is 24.4 Å². The highest BCUT2D eigenvalue weighted by Crippen LogP contribution is 2.19. The van der Waals surface area contributed by atoms with Crippen LogP contribution in [0.3, 0.4) is 0 Å². The number of ether oxygens (including phenoxy) is 1. The Morgan fingerprint density at radius 3 is 2.96 bits per heavy atom. The Kier molecular flexibility index (Phi) is 5.72. The molecule has 0 unspecified atom stereocenters. The van der Waals surface area contributed by atoms with Crippen molar-refractivity contribution >= 4 is 17.4 Å². The van der Waals surface area contributed by atoms with E-state index in [0.717, 1.165) is 37.1 Å². The molecule has 0 radical (unpaired) electrons. The molecule has 1 aliphatic rings. The molecule has 1 saturated heterocycles. The number of hydrogen-bond donors (Lipinski definition) is 1. The second-order valence-electron chi connectivity index (χ2n) is 6.31. The molecule has 0 spiro atoms. The van der Waals surface area contributed by atoms with Gasteiger partial charge in [0.25, 0.3) is 0 Å². The summed E-state index contributed by atoms with van der Waals surface area (Å²) < 4.78 is 5.58. The van der Waals surface area contributed by atoms with Gasteiger partial charge in [-0.05, 0) is 43.2 Å². The zero-order chi connectivity index (χ0) is 16.9. The van der Waals surface area contributed by atoms with Crippen LogP contribution in [0.15, 0.2) is 42.6 Å². The Morgan fingerprint density at radius 2 is 2.25 bits per heavy atom. The van der Waals surface area contributed by atoms with Crippen molar-refractivity contribution in [3.8, 4) is 0 Å². The van der Waals surface area contributed by atoms with E-state index in [1.165, 1.54) is 11.1 Å². The zero-order valence-corrected chi connectivity index (χ0v) is 15.0. The molecule has 128 valence electrons. The number of hydrogen-bond acceptors (Lipinski definition) is 4. The van der Waals surface area contributed by atoms with Crippen LogP contribution >= 0.6 is 11.6 Å². The number of rotatable bonds is 5. The molecule has 1 N–H and O–H groups in total. The van der Waals surface area contributed by atoms with Crippen LogP contribution in [-0.4, -0.2) is 30.8 Å². The topological polar surface area (TPSA) is 37.4 Å². The average Bonchev–Trinajstić information content (AvgIpc) is 2.60. The lowest BCUT2D eigenvalue weighted by Crippen LogP contribution is -2.41. The number of nitrogens with one attached hydrogen (secondary N) is 1. The van der Waals surface area contributed by atoms with E-state index in [-0.39, 0.29) is 12.1 Å². The molecular formula is C19H24ClN3O. The first-order chi connectivity index (χ1) is 11.6. The lowest BCUT2D eigenvalue weighted by molar-refractivity contribution is 0.0529. The maximum Gasteiger partial charge on any atom is 0.128 e. The fraction of sp³-hybridized carbons (Fsp3) is 0.421. The minimum absolute atomic E-state index is 0.239. The average molecular weight is 346 g/mol. The molecule has 1 fully saturated rings. The molecule has 4 nitrogen and oxygen atoms in total. The summed E-state index contributed by atoms with van der Waals surface area (Å²) in [5, 5.41) is 4.29. The summed E-state index contributed by atoms with van der Waals surface area (Å²) in [7, 11) is 0. The van der Waals surface area contributed by atoms with Gasteiger partial charge in [0, 0.05) is 36.9 Å². The number of pyridine rings is 1. The zero-order valence-electron chi connectivity index (χ0n) is 14.2. The molecule has 24 heavy (non-hydrogen) atoms. The van der Waals surface area contributed by atoms with Gasteiger partial charge in [-0.3, -0.25) is 0 Å². The Labute approximate surface area is 148 Å². The van der Waals surface area contributed by atoms with E-state index in [1.54, 1.807) is 0 Å². The van der Waals surface area contributed by atoms with Crippen LogP contribution in [0.2, 0.25) is 5.02 Å². The Bertz CT molecular complexity index is 662. The van der Waals surface area contributed by atoms with Gasteiger partial charge in [0.15, 0.2) is 0 Å². The molecule has 0 aliphatic carbocycles. The fourth-order valence-electron chi connectivity index (χ4n) is 2.90. The molecule has 0 saturated carbocycles. The maximum atomic E-state index is 6.06. The quantitative estimate of drug-likeness (QED) is 0.894. The third-order valence-corrected chi connectivity index (χ3v) is 4.57. The Morgan fingerprint density at radius 1 is 1.38 bits per heavy atom. The van der Waals surface area contributed by atoms with Crippen molar-refractivity contribution in [3.05, 3.63) is 58.7 Å². The molecule has 1 aromatic carbocycles. The van der Waals surface area contributed by atoms with E-state index in [0.29, 0.717) is 0 Å². The summed E-state index contributed by atoms with van der Waals surface area (Å²) in [5.41, 5.74) is 2.36. The Hall–Kier alpha value is -1.62. The monoisotopic (exact) mass is 345 g/mol. The standard InChI is InChI=1S/C19H24ClN3O/c1-14-13-23(8-9-24-14)19-7-6-16(12-22-19)11-21-15(2)17-4-3-5-18(20)10-17/h3-7,10,12,14-15,21H,8-9,11,13H2,1-2H3/t14-,15-/m0/s1. The third kappa shape index (κ3) is 4.47. The first-order valence-electron chi connectivity index (χ1n) is 8.42. The van der Waals surface area contributed by atoms with Gasteiger partial charge in [0.05, 0.1) is 12.7 Å². The number of halogens is 1. The van der Waals surface area contributed by atoms with Gasteiger partial charge in [-0.25, -0.2) is 4.98 Å². The molecule has 3 rings (SSSR count). The smallest absolute Gasteiger partial charge is 0.128 e. The van der Waals surface area contributed by atoms with Crippen molar-refractivity contribution in [2.75, 3.05) is 24.6 Å². The normalized spacial score (nSPS) is 19.3. The molecule has 0 bridgehead atoms. The summed E-state index contributed by atoms with van der Waals surface area (Å²) in [6.07, 6.45) is 2.22. The van der Waals surface area contributed by atoms with E-state index in [2.05, 4.69) is 47.2 Å². The van der Waals surface area contributed by atoms with Crippen LogP contribution in [0.25, 0.3) is 0 Å². The van der Waals surface area contributed by atoms with Crippen molar-refractivity contribution in [1.82, 2.24) is 10.3 Å². The number of anilines is 1. The van der Waals surface area contributed by atoms with Crippen LogP contribution in [0, 0.1) is 0 Å². The maximum absolute atomic E-state index is 6.06. The van der Waals surface area contributed by atoms with Gasteiger partial charge >= 0.3 is 0 Å². The fourth-order valence-corrected chi connectivity index (χ4v) is 3.10. The van der Waals surface area contributed by atoms with Crippen molar-refractivity contribution in [2.24, 2.45) is 0 Å². The molecule has 2 aromatic rings. The summed E-state index contributed by atoms with van der Waals surface area (Å²) in [6, 6.07) is 12.4. The molecular weight excluding hydrogens is 322 g/mol. The largest absolute Gasteiger partial charge is 0.375 e. The van der Waals surface area contributed by atoms with E-state index in [9.17, 15) is 0 Å². The molecule has 2 atom stereocenters. The summed E-state index contributed by atoms with van der Waals surface area (Å²) in [4.78, 5) is 6.89. The molecule has 1 aromatic heterocycles. The summed E-state index contributed by atoms with van der Waals surface area (Å²) >= 11 is 6.06. The highest BCUT2D eigenvalue weighted by Gasteiger charge is 2.17. The van der Waals surface area contributed by atoms with Crippen molar-refractivity contribution in [2.45, 2.75) is 32.5 Å². The van der Waals surface area contributed by atoms with E-state index < -0.39 is 0 Å². The van der Waals surface area contributed by atoms with E-state index >= 15 is 0 Å². The van der Waals surface area contributed by atoms with Gasteiger partial charge in [0.1, 0.15) is 5.82 Å². The predicted molar refractivity (Wildman–Crippen MR) is 98.6 cm³/mol. The lowest BCUT2D eigenvalue weighted by Gasteiger charge is -2.32. The second kappa shape index (κ2) is 7.97. The van der Waals surface area contributed by atoms with Crippen LogP contribution in [0.5, 0.6) is 0 Å². The molecule has 1 aliphatic heterocycles. The highest BCUT2D eigenvalue weighted by molar-refractivity contribution is 6.30. The number of morpholine rings is 1. The summed E-state index contributed by atoms with van der Waals surface area (Å²) in [6.45, 7) is 7.59. The predicted octanol–water partition coefficient (Wildman–Crippen LogP) is 3.81. The first kappa shape index (κ1) is 17.2. The van der Waals surface area contributed by atoms with Crippen LogP contribution in [-0.2, 0) is 11.3 Å². The minimum atomic E-state index is 0.239. The van der Waals surface area contributed by atoms with E-state index in [4.69, 9.17) is 16.3 Å². The highest BCUT2D eigenvalue weighted by atomic mass is 35.5. The molecule has 2 heterocycles. The van der Waals surface area contributed by atoms with Gasteiger partial charge in [0.2, 0.25) is 0 Å². The number of benzene rings is 1. The summed E-state index contributed by atoms with van der Waals surface area (Å²) in [5.74, 6) is 1.02. The van der Waals surface area contributed by atoms with Gasteiger partial charge in [-0.1, -0.05) is 29.8 Å². The van der Waals surface area contributed by atoms with Gasteiger partial charge in [-0.15, -0.1) is 0 Å². The Balaban J connectivity index is 1.56. The molecule has 0 amide bonds.